The van der Waals surface area contributed by atoms with Gasteiger partial charge in [0, 0.05) is 30.8 Å². The van der Waals surface area contributed by atoms with E-state index in [4.69, 9.17) is 5.11 Å². The number of benzene rings is 1. The zero-order valence-electron chi connectivity index (χ0n) is 12.7. The van der Waals surface area contributed by atoms with Gasteiger partial charge >= 0.3 is 5.97 Å². The number of carbonyl (C=O) groups is 3. The van der Waals surface area contributed by atoms with Crippen molar-refractivity contribution >= 4 is 23.5 Å². The number of nitrogens with zero attached hydrogens (tertiary/aromatic N) is 2. The molecule has 23 heavy (non-hydrogen) atoms. The highest BCUT2D eigenvalue weighted by atomic mass is 16.6. The van der Waals surface area contributed by atoms with Crippen molar-refractivity contribution in [2.45, 2.75) is 13.8 Å². The molecule has 2 amide bonds. The summed E-state index contributed by atoms with van der Waals surface area (Å²) < 4.78 is 0. The van der Waals surface area contributed by atoms with Gasteiger partial charge in [-0.3, -0.25) is 19.7 Å². The van der Waals surface area contributed by atoms with Crippen LogP contribution in [0.2, 0.25) is 0 Å². The Morgan fingerprint density at radius 1 is 1.22 bits per heavy atom. The Hall–Kier alpha value is -2.97. The Morgan fingerprint density at radius 2 is 1.83 bits per heavy atom. The molecule has 0 spiro atoms. The van der Waals surface area contributed by atoms with Crippen molar-refractivity contribution in [1.29, 1.82) is 0 Å². The molecule has 0 atom stereocenters. The number of carbonyl (C=O) groups excluding carboxylic acids is 2. The van der Waals surface area contributed by atoms with Gasteiger partial charge < -0.3 is 15.3 Å². The molecule has 0 saturated heterocycles. The number of non-ortho nitro benzene ring substituents is 1. The highest BCUT2D eigenvalue weighted by molar-refractivity contribution is 5.99. The van der Waals surface area contributed by atoms with Crippen LogP contribution < -0.4 is 5.32 Å². The van der Waals surface area contributed by atoms with Crippen molar-refractivity contribution in [2.24, 2.45) is 0 Å². The summed E-state index contributed by atoms with van der Waals surface area (Å²) in [5.41, 5.74) is -1.01. The zero-order valence-corrected chi connectivity index (χ0v) is 12.7. The lowest BCUT2D eigenvalue weighted by Crippen LogP contribution is -2.40. The second-order valence-electron chi connectivity index (χ2n) is 4.60. The maximum absolute atomic E-state index is 12.4. The van der Waals surface area contributed by atoms with E-state index in [9.17, 15) is 24.5 Å². The van der Waals surface area contributed by atoms with E-state index in [1.54, 1.807) is 13.8 Å². The number of carboxylic acids is 1. The molecule has 0 aliphatic rings. The summed E-state index contributed by atoms with van der Waals surface area (Å²) in [6, 6.07) is 2.92. The Morgan fingerprint density at radius 3 is 2.30 bits per heavy atom. The lowest BCUT2D eigenvalue weighted by molar-refractivity contribution is -0.384. The van der Waals surface area contributed by atoms with E-state index >= 15 is 0 Å². The van der Waals surface area contributed by atoms with Gasteiger partial charge in [0.05, 0.1) is 17.0 Å². The van der Waals surface area contributed by atoms with Crippen molar-refractivity contribution < 1.29 is 24.4 Å². The van der Waals surface area contributed by atoms with E-state index in [2.05, 4.69) is 5.32 Å². The van der Waals surface area contributed by atoms with Crippen LogP contribution in [-0.2, 0) is 4.79 Å². The maximum atomic E-state index is 12.4. The minimum Gasteiger partial charge on any atom is -0.478 e. The van der Waals surface area contributed by atoms with Gasteiger partial charge in [-0.1, -0.05) is 0 Å². The van der Waals surface area contributed by atoms with Gasteiger partial charge in [-0.25, -0.2) is 4.79 Å². The van der Waals surface area contributed by atoms with Crippen LogP contribution in [0.3, 0.4) is 0 Å². The quantitative estimate of drug-likeness (QED) is 0.566. The Kier molecular flexibility index (Phi) is 6.19. The van der Waals surface area contributed by atoms with Crippen LogP contribution in [-0.4, -0.2) is 52.3 Å². The van der Waals surface area contributed by atoms with Gasteiger partial charge in [-0.15, -0.1) is 0 Å². The maximum Gasteiger partial charge on any atom is 0.335 e. The molecular formula is C14H17N3O6. The molecule has 2 N–H and O–H groups in total. The fourth-order valence-electron chi connectivity index (χ4n) is 1.90. The molecule has 0 unspecified atom stereocenters. The Balaban J connectivity index is 3.16. The third-order valence-corrected chi connectivity index (χ3v) is 3.00. The van der Waals surface area contributed by atoms with E-state index in [1.807, 2.05) is 0 Å². The molecule has 0 saturated carbocycles. The number of rotatable bonds is 7. The smallest absolute Gasteiger partial charge is 0.335 e. The molecule has 0 aliphatic carbocycles. The van der Waals surface area contributed by atoms with Crippen LogP contribution >= 0.6 is 0 Å². The number of amides is 2. The van der Waals surface area contributed by atoms with Gasteiger partial charge in [0.1, 0.15) is 0 Å². The Labute approximate surface area is 132 Å². The number of nitrogens with one attached hydrogen (secondary N) is 1. The molecule has 124 valence electrons. The van der Waals surface area contributed by atoms with Crippen LogP contribution in [0.4, 0.5) is 5.69 Å². The highest BCUT2D eigenvalue weighted by Crippen LogP contribution is 2.19. The van der Waals surface area contributed by atoms with Crippen LogP contribution in [0.5, 0.6) is 0 Å². The van der Waals surface area contributed by atoms with Gasteiger partial charge in [0.25, 0.3) is 11.6 Å². The first-order chi connectivity index (χ1) is 10.8. The van der Waals surface area contributed by atoms with Crippen molar-refractivity contribution in [1.82, 2.24) is 10.2 Å². The largest absolute Gasteiger partial charge is 0.478 e. The summed E-state index contributed by atoms with van der Waals surface area (Å²) in [7, 11) is 0. The normalized spacial score (nSPS) is 10.0. The summed E-state index contributed by atoms with van der Waals surface area (Å²) in [5, 5.41) is 22.4. The first-order valence-corrected chi connectivity index (χ1v) is 6.88. The molecule has 0 radical (unpaired) electrons. The molecular weight excluding hydrogens is 306 g/mol. The summed E-state index contributed by atoms with van der Waals surface area (Å²) in [6.07, 6.45) is 0. The monoisotopic (exact) mass is 323 g/mol. The minimum absolute atomic E-state index is 0.150. The Bertz CT molecular complexity index is 611. The fraction of sp³-hybridized carbons (Fsp3) is 0.357. The molecule has 9 nitrogen and oxygen atoms in total. The van der Waals surface area contributed by atoms with Gasteiger partial charge in [0.15, 0.2) is 0 Å². The number of hydrogen-bond acceptors (Lipinski definition) is 5. The zero-order chi connectivity index (χ0) is 17.6. The van der Waals surface area contributed by atoms with Crippen LogP contribution in [0.15, 0.2) is 18.2 Å². The lowest BCUT2D eigenvalue weighted by atomic mass is 10.1. The molecule has 9 heteroatoms. The van der Waals surface area contributed by atoms with E-state index < -0.39 is 22.5 Å². The molecule has 1 aromatic rings. The third kappa shape index (κ3) is 4.77. The topological polar surface area (TPSA) is 130 Å². The van der Waals surface area contributed by atoms with Crippen LogP contribution in [0, 0.1) is 10.1 Å². The minimum atomic E-state index is -1.38. The third-order valence-electron chi connectivity index (χ3n) is 3.00. The number of aromatic carboxylic acids is 1. The van der Waals surface area contributed by atoms with E-state index in [-0.39, 0.29) is 30.1 Å². The second-order valence-corrected chi connectivity index (χ2v) is 4.60. The molecule has 0 heterocycles. The van der Waals surface area contributed by atoms with Crippen LogP contribution in [0.25, 0.3) is 0 Å². The summed E-state index contributed by atoms with van der Waals surface area (Å²) in [6.45, 7) is 3.77. The summed E-state index contributed by atoms with van der Waals surface area (Å²) in [4.78, 5) is 46.3. The van der Waals surface area contributed by atoms with Crippen molar-refractivity contribution in [2.75, 3.05) is 19.6 Å². The molecule has 0 aromatic heterocycles. The first kappa shape index (κ1) is 18.1. The predicted octanol–water partition coefficient (Wildman–Crippen LogP) is 0.891. The molecule has 0 fully saturated rings. The molecule has 1 rings (SSSR count). The lowest BCUT2D eigenvalue weighted by Gasteiger charge is -2.20. The SMILES string of the molecule is CCNC(=O)CN(CC)C(=O)c1cc(C(=O)O)cc([N+](=O)[O-])c1. The average molecular weight is 323 g/mol. The fourth-order valence-corrected chi connectivity index (χ4v) is 1.90. The van der Waals surface area contributed by atoms with Crippen molar-refractivity contribution in [3.8, 4) is 0 Å². The first-order valence-electron chi connectivity index (χ1n) is 6.88. The van der Waals surface area contributed by atoms with Crippen molar-refractivity contribution in [3.63, 3.8) is 0 Å². The standard InChI is InChI=1S/C14H17N3O6/c1-3-15-12(18)8-16(4-2)13(19)9-5-10(14(20)21)7-11(6-9)17(22)23/h5-7H,3-4,8H2,1-2H3,(H,15,18)(H,20,21). The van der Waals surface area contributed by atoms with E-state index in [0.717, 1.165) is 18.2 Å². The summed E-state index contributed by atoms with van der Waals surface area (Å²) >= 11 is 0. The highest BCUT2D eigenvalue weighted by Gasteiger charge is 2.22. The molecule has 1 aromatic carbocycles. The van der Waals surface area contributed by atoms with Gasteiger partial charge in [0.2, 0.25) is 5.91 Å². The molecule has 0 aliphatic heterocycles. The second kappa shape index (κ2) is 7.87. The van der Waals surface area contributed by atoms with E-state index in [0.29, 0.717) is 6.54 Å². The van der Waals surface area contributed by atoms with Crippen molar-refractivity contribution in [3.05, 3.63) is 39.4 Å². The van der Waals surface area contributed by atoms with Crippen LogP contribution in [0.1, 0.15) is 34.6 Å². The molecule has 0 bridgehead atoms. The number of nitro benzene ring substituents is 1. The number of hydrogen-bond donors (Lipinski definition) is 2. The average Bonchev–Trinajstić information content (AvgIpc) is 2.51. The number of nitro groups is 1. The van der Waals surface area contributed by atoms with Gasteiger partial charge in [-0.05, 0) is 19.9 Å². The number of carboxylic acid groups (broad SMARTS) is 1. The number of likely N-dealkylation sites (N-methyl/N-ethyl adjacent to an activating group) is 2. The summed E-state index contributed by atoms with van der Waals surface area (Å²) in [5.74, 6) is -2.40. The predicted molar refractivity (Wildman–Crippen MR) is 80.3 cm³/mol. The van der Waals surface area contributed by atoms with Gasteiger partial charge in [-0.2, -0.15) is 0 Å². The van der Waals surface area contributed by atoms with E-state index in [1.165, 1.54) is 4.90 Å².